The third kappa shape index (κ3) is 12.0. The summed E-state index contributed by atoms with van der Waals surface area (Å²) < 4.78 is 0. The van der Waals surface area contributed by atoms with Gasteiger partial charge in [-0.05, 0) is 108 Å². The van der Waals surface area contributed by atoms with Gasteiger partial charge in [0.1, 0.15) is 0 Å². The van der Waals surface area contributed by atoms with Gasteiger partial charge in [0.05, 0.1) is 6.10 Å². The number of aliphatic hydroxyl groups is 1. The molecular weight excluding hydrogens is 496 g/mol. The minimum absolute atomic E-state index is 0.267. The second-order valence-electron chi connectivity index (χ2n) is 13.7. The zero-order valence-electron chi connectivity index (χ0n) is 27.9. The van der Waals surface area contributed by atoms with Gasteiger partial charge in [-0.15, -0.1) is 0 Å². The molecule has 2 aliphatic carbocycles. The molecule has 0 saturated heterocycles. The SMILES string of the molecule is CC(C=CC1=C(C)CCCC1(C)C)=CC=CC(C)=CCC(O)C=C(C)C=CC=C(C)C=CC1=C(C)CCCC1(C)C. The van der Waals surface area contributed by atoms with Crippen LogP contribution in [0.15, 0.2) is 117 Å². The Labute approximate surface area is 253 Å². The van der Waals surface area contributed by atoms with Crippen molar-refractivity contribution >= 4 is 0 Å². The molecule has 1 unspecified atom stereocenters. The van der Waals surface area contributed by atoms with E-state index in [2.05, 4.69) is 129 Å². The van der Waals surface area contributed by atoms with E-state index < -0.39 is 6.10 Å². The van der Waals surface area contributed by atoms with Crippen molar-refractivity contribution in [2.24, 2.45) is 10.8 Å². The van der Waals surface area contributed by atoms with E-state index in [0.29, 0.717) is 6.42 Å². The van der Waals surface area contributed by atoms with Crippen molar-refractivity contribution in [3.05, 3.63) is 117 Å². The fourth-order valence-corrected chi connectivity index (χ4v) is 6.07. The Hall–Kier alpha value is -2.64. The highest BCUT2D eigenvalue weighted by Crippen LogP contribution is 2.41. The zero-order valence-corrected chi connectivity index (χ0v) is 27.9. The fourth-order valence-electron chi connectivity index (χ4n) is 6.07. The largest absolute Gasteiger partial charge is 0.389 e. The molecule has 0 heterocycles. The molecule has 41 heavy (non-hydrogen) atoms. The zero-order chi connectivity index (χ0) is 30.6. The normalized spacial score (nSPS) is 22.3. The summed E-state index contributed by atoms with van der Waals surface area (Å²) in [5, 5.41) is 10.5. The van der Waals surface area contributed by atoms with Crippen LogP contribution in [0.3, 0.4) is 0 Å². The van der Waals surface area contributed by atoms with Crippen molar-refractivity contribution in [2.45, 2.75) is 120 Å². The maximum Gasteiger partial charge on any atom is 0.0761 e. The molecular formula is C40H58O. The first kappa shape index (κ1) is 34.6. The molecule has 1 nitrogen and oxygen atoms in total. The third-order valence-electron chi connectivity index (χ3n) is 8.68. The number of hydrogen-bond donors (Lipinski definition) is 1. The molecule has 0 aliphatic heterocycles. The Morgan fingerprint density at radius 1 is 0.683 bits per heavy atom. The van der Waals surface area contributed by atoms with E-state index in [1.165, 1.54) is 72.0 Å². The summed E-state index contributed by atoms with van der Waals surface area (Å²) in [6, 6.07) is 0. The second-order valence-corrected chi connectivity index (χ2v) is 13.7. The lowest BCUT2D eigenvalue weighted by atomic mass is 9.72. The molecule has 1 atom stereocenters. The predicted molar refractivity (Wildman–Crippen MR) is 183 cm³/mol. The van der Waals surface area contributed by atoms with Crippen molar-refractivity contribution in [1.29, 1.82) is 0 Å². The molecule has 1 N–H and O–H groups in total. The molecule has 0 aromatic carbocycles. The minimum Gasteiger partial charge on any atom is -0.389 e. The fraction of sp³-hybridized carbons (Fsp3) is 0.500. The van der Waals surface area contributed by atoms with Crippen molar-refractivity contribution in [3.8, 4) is 0 Å². The predicted octanol–water partition coefficient (Wildman–Crippen LogP) is 11.8. The van der Waals surface area contributed by atoms with Crippen LogP contribution < -0.4 is 0 Å². The van der Waals surface area contributed by atoms with Crippen LogP contribution in [-0.4, -0.2) is 11.2 Å². The molecule has 0 spiro atoms. The molecule has 1 heteroatoms. The summed E-state index contributed by atoms with van der Waals surface area (Å²) in [6.07, 6.45) is 33.5. The summed E-state index contributed by atoms with van der Waals surface area (Å²) in [4.78, 5) is 0. The van der Waals surface area contributed by atoms with Crippen molar-refractivity contribution in [2.75, 3.05) is 0 Å². The minimum atomic E-state index is -0.494. The highest BCUT2D eigenvalue weighted by molar-refractivity contribution is 5.38. The smallest absolute Gasteiger partial charge is 0.0761 e. The molecule has 2 rings (SSSR count). The summed E-state index contributed by atoms with van der Waals surface area (Å²) in [5.41, 5.74) is 11.3. The molecule has 0 aromatic rings. The van der Waals surface area contributed by atoms with Crippen LogP contribution in [0.1, 0.15) is 114 Å². The van der Waals surface area contributed by atoms with Crippen LogP contribution in [0.4, 0.5) is 0 Å². The summed E-state index contributed by atoms with van der Waals surface area (Å²) in [6.45, 7) is 22.4. The summed E-state index contributed by atoms with van der Waals surface area (Å²) in [7, 11) is 0. The van der Waals surface area contributed by atoms with Crippen LogP contribution in [-0.2, 0) is 0 Å². The monoisotopic (exact) mass is 554 g/mol. The van der Waals surface area contributed by atoms with Crippen molar-refractivity contribution < 1.29 is 5.11 Å². The van der Waals surface area contributed by atoms with Gasteiger partial charge < -0.3 is 5.11 Å². The Bertz CT molecular complexity index is 1210. The molecule has 0 fully saturated rings. The summed E-state index contributed by atoms with van der Waals surface area (Å²) >= 11 is 0. The van der Waals surface area contributed by atoms with E-state index in [4.69, 9.17) is 0 Å². The van der Waals surface area contributed by atoms with Gasteiger partial charge in [0.15, 0.2) is 0 Å². The van der Waals surface area contributed by atoms with Gasteiger partial charge in [0.25, 0.3) is 0 Å². The topological polar surface area (TPSA) is 20.2 Å². The lowest BCUT2D eigenvalue weighted by molar-refractivity contribution is 0.226. The van der Waals surface area contributed by atoms with Crippen LogP contribution in [0.25, 0.3) is 0 Å². The maximum absolute atomic E-state index is 10.5. The van der Waals surface area contributed by atoms with E-state index in [1.54, 1.807) is 0 Å². The highest BCUT2D eigenvalue weighted by atomic mass is 16.3. The van der Waals surface area contributed by atoms with Crippen LogP contribution in [0.5, 0.6) is 0 Å². The van der Waals surface area contributed by atoms with Crippen LogP contribution >= 0.6 is 0 Å². The van der Waals surface area contributed by atoms with E-state index in [1.807, 2.05) is 13.0 Å². The summed E-state index contributed by atoms with van der Waals surface area (Å²) in [5.74, 6) is 0. The number of hydrogen-bond acceptors (Lipinski definition) is 1. The molecule has 2 aliphatic rings. The number of allylic oxidation sites excluding steroid dienone is 18. The average Bonchev–Trinajstić information content (AvgIpc) is 2.86. The van der Waals surface area contributed by atoms with Gasteiger partial charge in [-0.3, -0.25) is 0 Å². The van der Waals surface area contributed by atoms with E-state index in [-0.39, 0.29) is 10.8 Å². The first-order valence-corrected chi connectivity index (χ1v) is 15.7. The third-order valence-corrected chi connectivity index (χ3v) is 8.68. The Balaban J connectivity index is 1.88. The van der Waals surface area contributed by atoms with Gasteiger partial charge in [-0.2, -0.15) is 0 Å². The number of rotatable bonds is 11. The average molecular weight is 555 g/mol. The van der Waals surface area contributed by atoms with Crippen LogP contribution in [0, 0.1) is 10.8 Å². The van der Waals surface area contributed by atoms with Crippen molar-refractivity contribution in [1.82, 2.24) is 0 Å². The standard InChI is InChI=1S/C40H58O/c1-30(15-11-16-31(2)22-25-37-34(5)19-13-27-39(37,7)8)21-24-36(41)29-33(4)18-12-17-32(3)23-26-38-35(6)20-14-28-40(38,9)10/h11-12,15-18,21-23,25-26,29,36,41H,13-14,19-20,24,27-28H2,1-10H3. The molecule has 0 saturated carbocycles. The lowest BCUT2D eigenvalue weighted by Crippen LogP contribution is -2.19. The highest BCUT2D eigenvalue weighted by Gasteiger charge is 2.27. The number of aliphatic hydroxyl groups excluding tert-OH is 1. The molecule has 0 radical (unpaired) electrons. The molecule has 0 aromatic heterocycles. The van der Waals surface area contributed by atoms with Crippen LogP contribution in [0.2, 0.25) is 0 Å². The Morgan fingerprint density at radius 2 is 1.12 bits per heavy atom. The Morgan fingerprint density at radius 3 is 1.56 bits per heavy atom. The molecule has 0 bridgehead atoms. The van der Waals surface area contributed by atoms with Gasteiger partial charge in [0, 0.05) is 0 Å². The van der Waals surface area contributed by atoms with Crippen molar-refractivity contribution in [3.63, 3.8) is 0 Å². The van der Waals surface area contributed by atoms with E-state index in [9.17, 15) is 5.11 Å². The first-order chi connectivity index (χ1) is 19.2. The van der Waals surface area contributed by atoms with Gasteiger partial charge in [0.2, 0.25) is 0 Å². The first-order valence-electron chi connectivity index (χ1n) is 15.7. The maximum atomic E-state index is 10.5. The van der Waals surface area contributed by atoms with Gasteiger partial charge in [-0.1, -0.05) is 134 Å². The van der Waals surface area contributed by atoms with E-state index >= 15 is 0 Å². The van der Waals surface area contributed by atoms with Gasteiger partial charge >= 0.3 is 0 Å². The second kappa shape index (κ2) is 16.1. The quantitative estimate of drug-likeness (QED) is 0.252. The van der Waals surface area contributed by atoms with Gasteiger partial charge in [-0.25, -0.2) is 0 Å². The molecule has 224 valence electrons. The lowest BCUT2D eigenvalue weighted by Gasteiger charge is -2.33. The molecule has 0 amide bonds. The Kier molecular flexibility index (Phi) is 13.6. The van der Waals surface area contributed by atoms with E-state index in [0.717, 1.165) is 11.1 Å².